The first-order valence-corrected chi connectivity index (χ1v) is 9.40. The molecule has 1 unspecified atom stereocenters. The number of rotatable bonds is 2. The van der Waals surface area contributed by atoms with Crippen molar-refractivity contribution in [1.82, 2.24) is 0 Å². The molecule has 0 aliphatic carbocycles. The molecule has 30 heavy (non-hydrogen) atoms. The molecule has 148 valence electrons. The number of fused-ring (bicyclic) bond motifs is 3. The Bertz CT molecular complexity index is 1340. The van der Waals surface area contributed by atoms with Crippen LogP contribution in [0.2, 0.25) is 0 Å². The molecule has 0 saturated carbocycles. The van der Waals surface area contributed by atoms with Crippen LogP contribution in [0.3, 0.4) is 0 Å². The third-order valence-electron chi connectivity index (χ3n) is 5.28. The standard InChI is InChI=1S/C24H16O6/c25-15-8-6-14(7-9-15)19-11-17(26)23-18(27)12-20-22(24(23)30-19)16(10-21(28)29-20)13-4-2-1-3-5-13/h1-9,11-12,16,25,27H,10H2. The van der Waals surface area contributed by atoms with E-state index in [0.717, 1.165) is 5.56 Å². The van der Waals surface area contributed by atoms with Crippen LogP contribution in [0.15, 0.2) is 75.9 Å². The molecule has 0 spiro atoms. The lowest BCUT2D eigenvalue weighted by Gasteiger charge is -2.26. The SMILES string of the molecule is O=C1CC(c2ccccc2)c2c(cc(O)c3c(=O)cc(-c4ccc(O)cc4)oc23)O1. The topological polar surface area (TPSA) is 97.0 Å². The Morgan fingerprint density at radius 3 is 2.37 bits per heavy atom. The number of carbonyl (C=O) groups is 1. The molecule has 0 fully saturated rings. The van der Waals surface area contributed by atoms with Crippen LogP contribution < -0.4 is 10.2 Å². The molecule has 1 aliphatic rings. The van der Waals surface area contributed by atoms with Gasteiger partial charge in [-0.15, -0.1) is 0 Å². The number of esters is 1. The van der Waals surface area contributed by atoms with Crippen LogP contribution in [0.4, 0.5) is 0 Å². The van der Waals surface area contributed by atoms with Crippen LogP contribution in [-0.4, -0.2) is 16.2 Å². The summed E-state index contributed by atoms with van der Waals surface area (Å²) in [4.78, 5) is 25.1. The van der Waals surface area contributed by atoms with Gasteiger partial charge in [-0.2, -0.15) is 0 Å². The van der Waals surface area contributed by atoms with Gasteiger partial charge in [0.1, 0.15) is 34.0 Å². The van der Waals surface area contributed by atoms with Crippen molar-refractivity contribution in [2.24, 2.45) is 0 Å². The largest absolute Gasteiger partial charge is 0.508 e. The number of ether oxygens (including phenoxy) is 1. The van der Waals surface area contributed by atoms with Gasteiger partial charge in [-0.3, -0.25) is 9.59 Å². The smallest absolute Gasteiger partial charge is 0.312 e. The first-order chi connectivity index (χ1) is 14.5. The van der Waals surface area contributed by atoms with E-state index < -0.39 is 11.4 Å². The number of phenolic OH excluding ortho intramolecular Hbond substituents is 2. The van der Waals surface area contributed by atoms with Gasteiger partial charge in [0.2, 0.25) is 0 Å². The van der Waals surface area contributed by atoms with Gasteiger partial charge >= 0.3 is 5.97 Å². The first-order valence-electron chi connectivity index (χ1n) is 9.40. The van der Waals surface area contributed by atoms with E-state index in [1.807, 2.05) is 30.3 Å². The number of carbonyl (C=O) groups excluding carboxylic acids is 1. The average Bonchev–Trinajstić information content (AvgIpc) is 2.73. The maximum atomic E-state index is 12.9. The van der Waals surface area contributed by atoms with Crippen LogP contribution in [0.1, 0.15) is 23.5 Å². The summed E-state index contributed by atoms with van der Waals surface area (Å²) in [5.74, 6) is -0.569. The summed E-state index contributed by atoms with van der Waals surface area (Å²) in [6.45, 7) is 0. The van der Waals surface area contributed by atoms with Gasteiger partial charge < -0.3 is 19.4 Å². The van der Waals surface area contributed by atoms with E-state index in [0.29, 0.717) is 11.1 Å². The fourth-order valence-corrected chi connectivity index (χ4v) is 3.90. The minimum Gasteiger partial charge on any atom is -0.508 e. The Balaban J connectivity index is 1.83. The maximum Gasteiger partial charge on any atom is 0.312 e. The number of hydrogen-bond acceptors (Lipinski definition) is 6. The minimum absolute atomic E-state index is 0.0372. The van der Waals surface area contributed by atoms with E-state index in [1.54, 1.807) is 12.1 Å². The van der Waals surface area contributed by atoms with Crippen molar-refractivity contribution in [2.45, 2.75) is 12.3 Å². The number of phenols is 2. The van der Waals surface area contributed by atoms with Crippen LogP contribution >= 0.6 is 0 Å². The van der Waals surface area contributed by atoms with Gasteiger partial charge in [-0.25, -0.2) is 0 Å². The third kappa shape index (κ3) is 2.90. The molecule has 2 heterocycles. The van der Waals surface area contributed by atoms with Crippen LogP contribution in [0, 0.1) is 0 Å². The lowest BCUT2D eigenvalue weighted by Crippen LogP contribution is -2.22. The molecule has 6 heteroatoms. The molecule has 5 rings (SSSR count). The molecule has 4 aromatic rings. The molecule has 6 nitrogen and oxygen atoms in total. The molecule has 0 radical (unpaired) electrons. The molecule has 0 bridgehead atoms. The van der Waals surface area contributed by atoms with Gasteiger partial charge in [0.15, 0.2) is 5.43 Å². The van der Waals surface area contributed by atoms with Crippen LogP contribution in [0.25, 0.3) is 22.3 Å². The first kappa shape index (κ1) is 18.0. The van der Waals surface area contributed by atoms with E-state index in [2.05, 4.69) is 0 Å². The molecule has 3 aromatic carbocycles. The number of aromatic hydroxyl groups is 2. The molecular formula is C24H16O6. The van der Waals surface area contributed by atoms with E-state index >= 15 is 0 Å². The predicted molar refractivity (Wildman–Crippen MR) is 110 cm³/mol. The van der Waals surface area contributed by atoms with Crippen molar-refractivity contribution in [3.8, 4) is 28.6 Å². The number of hydrogen-bond donors (Lipinski definition) is 2. The summed E-state index contributed by atoms with van der Waals surface area (Å²) in [6.07, 6.45) is 0.0873. The predicted octanol–water partition coefficient (Wildman–Crippen LogP) is 4.31. The highest BCUT2D eigenvalue weighted by Gasteiger charge is 2.33. The van der Waals surface area contributed by atoms with Gasteiger partial charge in [0, 0.05) is 29.2 Å². The fourth-order valence-electron chi connectivity index (χ4n) is 3.90. The Kier molecular flexibility index (Phi) is 4.06. The lowest BCUT2D eigenvalue weighted by molar-refractivity contribution is -0.135. The molecule has 2 N–H and O–H groups in total. The Hall–Kier alpha value is -4.06. The normalized spacial score (nSPS) is 15.6. The second-order valence-electron chi connectivity index (χ2n) is 7.17. The van der Waals surface area contributed by atoms with E-state index in [4.69, 9.17) is 9.15 Å². The fraction of sp³-hybridized carbons (Fsp3) is 0.0833. The Labute approximate surface area is 170 Å². The third-order valence-corrected chi connectivity index (χ3v) is 5.28. The quantitative estimate of drug-likeness (QED) is 0.384. The van der Waals surface area contributed by atoms with Gasteiger partial charge in [-0.05, 0) is 29.8 Å². The van der Waals surface area contributed by atoms with Crippen LogP contribution in [0.5, 0.6) is 17.2 Å². The van der Waals surface area contributed by atoms with Crippen molar-refractivity contribution >= 4 is 16.9 Å². The molecule has 0 saturated heterocycles. The highest BCUT2D eigenvalue weighted by Crippen LogP contribution is 2.45. The van der Waals surface area contributed by atoms with Crippen molar-refractivity contribution in [2.75, 3.05) is 0 Å². The highest BCUT2D eigenvalue weighted by molar-refractivity contribution is 5.93. The van der Waals surface area contributed by atoms with Gasteiger partial charge in [0.25, 0.3) is 0 Å². The van der Waals surface area contributed by atoms with Gasteiger partial charge in [0.05, 0.1) is 6.42 Å². The zero-order chi connectivity index (χ0) is 20.8. The van der Waals surface area contributed by atoms with Crippen molar-refractivity contribution in [1.29, 1.82) is 0 Å². The second-order valence-corrected chi connectivity index (χ2v) is 7.17. The molecule has 1 atom stereocenters. The summed E-state index contributed by atoms with van der Waals surface area (Å²) in [7, 11) is 0. The molecule has 1 aliphatic heterocycles. The Morgan fingerprint density at radius 2 is 1.63 bits per heavy atom. The van der Waals surface area contributed by atoms with Crippen LogP contribution in [-0.2, 0) is 4.79 Å². The molecule has 1 aromatic heterocycles. The molecule has 0 amide bonds. The maximum absolute atomic E-state index is 12.9. The highest BCUT2D eigenvalue weighted by atomic mass is 16.5. The summed E-state index contributed by atoms with van der Waals surface area (Å²) < 4.78 is 11.5. The molecular weight excluding hydrogens is 384 g/mol. The number of benzene rings is 3. The monoisotopic (exact) mass is 400 g/mol. The lowest BCUT2D eigenvalue weighted by atomic mass is 9.85. The van der Waals surface area contributed by atoms with E-state index in [-0.39, 0.29) is 46.3 Å². The summed E-state index contributed by atoms with van der Waals surface area (Å²) in [5.41, 5.74) is 1.78. The second kappa shape index (κ2) is 6.77. The summed E-state index contributed by atoms with van der Waals surface area (Å²) >= 11 is 0. The van der Waals surface area contributed by atoms with Crippen molar-refractivity contribution in [3.63, 3.8) is 0 Å². The zero-order valence-electron chi connectivity index (χ0n) is 15.7. The zero-order valence-corrected chi connectivity index (χ0v) is 15.7. The minimum atomic E-state index is -0.424. The summed E-state index contributed by atoms with van der Waals surface area (Å²) in [6, 6.07) is 18.2. The average molecular weight is 400 g/mol. The van der Waals surface area contributed by atoms with Crippen molar-refractivity contribution in [3.05, 3.63) is 88.1 Å². The van der Waals surface area contributed by atoms with Crippen molar-refractivity contribution < 1.29 is 24.2 Å². The Morgan fingerprint density at radius 1 is 0.900 bits per heavy atom. The summed E-state index contributed by atoms with van der Waals surface area (Å²) in [5, 5.41) is 20.0. The van der Waals surface area contributed by atoms with E-state index in [9.17, 15) is 19.8 Å². The van der Waals surface area contributed by atoms with E-state index in [1.165, 1.54) is 24.3 Å². The van der Waals surface area contributed by atoms with Gasteiger partial charge in [-0.1, -0.05) is 30.3 Å².